The Morgan fingerprint density at radius 1 is 1.15 bits per heavy atom. The largest absolute Gasteiger partial charge is 2.00 e. The van der Waals surface area contributed by atoms with Crippen molar-refractivity contribution >= 4 is 12.2 Å². The Morgan fingerprint density at radius 2 is 1.65 bits per heavy atom. The van der Waals surface area contributed by atoms with Crippen LogP contribution >= 0.6 is 0 Å². The van der Waals surface area contributed by atoms with E-state index in [2.05, 4.69) is 4.74 Å². The molecule has 10 radical (unpaired) electrons. The molecule has 2 saturated carbocycles. The van der Waals surface area contributed by atoms with Crippen LogP contribution in [-0.2, 0) is 26.6 Å². The molecule has 2 aliphatic rings. The van der Waals surface area contributed by atoms with Gasteiger partial charge in [0.2, 0.25) is 0 Å². The number of hydroxylamine groups is 1. The van der Waals surface area contributed by atoms with Gasteiger partial charge in [0.15, 0.2) is 12.8 Å². The first-order valence-electron chi connectivity index (χ1n) is 5.96. The van der Waals surface area contributed by atoms with Crippen LogP contribution in [0.1, 0.15) is 6.42 Å². The third-order valence-electron chi connectivity index (χ3n) is 2.30. The summed E-state index contributed by atoms with van der Waals surface area (Å²) in [6, 6.07) is 0. The van der Waals surface area contributed by atoms with Crippen LogP contribution in [0, 0.1) is 68.9 Å². The van der Waals surface area contributed by atoms with Crippen LogP contribution < -0.4 is 0 Å². The molecule has 2 aliphatic carbocycles. The molecule has 0 aliphatic heterocycles. The van der Waals surface area contributed by atoms with E-state index in [0.717, 1.165) is 10.7 Å². The molecule has 0 amide bonds. The summed E-state index contributed by atoms with van der Waals surface area (Å²) in [5.74, 6) is 0.464. The fourth-order valence-corrected chi connectivity index (χ4v) is 1.33. The maximum Gasteiger partial charge on any atom is 2.00 e. The van der Waals surface area contributed by atoms with Crippen molar-refractivity contribution in [3.8, 4) is 0 Å². The van der Waals surface area contributed by atoms with Gasteiger partial charge in [0.1, 0.15) is 6.42 Å². The van der Waals surface area contributed by atoms with Gasteiger partial charge in [-0.1, -0.05) is 0 Å². The molecule has 0 N–H and O–H groups in total. The quantitative estimate of drug-likeness (QED) is 0.198. The van der Waals surface area contributed by atoms with Crippen molar-refractivity contribution < 1.29 is 31.3 Å². The molecular formula is C15H17FeNO3+2. The molecule has 0 aromatic carbocycles. The monoisotopic (exact) mass is 315 g/mol. The van der Waals surface area contributed by atoms with Gasteiger partial charge in [0.05, 0.1) is 13.0 Å². The van der Waals surface area contributed by atoms with Crippen LogP contribution in [-0.4, -0.2) is 30.6 Å². The van der Waals surface area contributed by atoms with E-state index in [1.165, 1.54) is 13.3 Å². The van der Waals surface area contributed by atoms with Crippen molar-refractivity contribution in [1.82, 2.24) is 0 Å². The average molecular weight is 315 g/mol. The third-order valence-corrected chi connectivity index (χ3v) is 2.30. The Labute approximate surface area is 133 Å². The molecule has 0 atom stereocenters. The molecule has 0 unspecified atom stereocenters. The molecule has 0 aromatic rings. The first-order chi connectivity index (χ1) is 9.22. The van der Waals surface area contributed by atoms with E-state index in [0.29, 0.717) is 0 Å². The van der Waals surface area contributed by atoms with Crippen LogP contribution in [0.2, 0.25) is 0 Å². The predicted octanol–water partition coefficient (Wildman–Crippen LogP) is 1.55. The smallest absolute Gasteiger partial charge is 0.624 e. The summed E-state index contributed by atoms with van der Waals surface area (Å²) < 4.78 is 5.15. The van der Waals surface area contributed by atoms with E-state index in [1.54, 1.807) is 0 Å². The second kappa shape index (κ2) is 12.2. The first kappa shape index (κ1) is 19.5. The number of carbonyl (C=O) groups is 1. The number of methoxy groups -OCH3 is 1. The second-order valence-corrected chi connectivity index (χ2v) is 3.78. The van der Waals surface area contributed by atoms with Gasteiger partial charge in [-0.25, -0.2) is 4.74 Å². The van der Waals surface area contributed by atoms with Crippen LogP contribution in [0.3, 0.4) is 0 Å². The van der Waals surface area contributed by atoms with E-state index in [-0.39, 0.29) is 36.0 Å². The van der Waals surface area contributed by atoms with E-state index < -0.39 is 0 Å². The maximum absolute atomic E-state index is 11.2. The summed E-state index contributed by atoms with van der Waals surface area (Å²) in [5, 5.41) is 11.2. The summed E-state index contributed by atoms with van der Waals surface area (Å²) >= 11 is 0. The van der Waals surface area contributed by atoms with Crippen LogP contribution in [0.15, 0.2) is 0 Å². The zero-order valence-corrected chi connectivity index (χ0v) is 12.3. The van der Waals surface area contributed by atoms with E-state index in [9.17, 15) is 10.0 Å². The summed E-state index contributed by atoms with van der Waals surface area (Å²) in [5.41, 5.74) is 0. The molecule has 2 rings (SSSR count). The van der Waals surface area contributed by atoms with Gasteiger partial charge in [-0.2, -0.15) is 0 Å². The first-order valence-corrected chi connectivity index (χ1v) is 5.96. The fourth-order valence-electron chi connectivity index (χ4n) is 1.33. The summed E-state index contributed by atoms with van der Waals surface area (Å²) in [4.78, 5) is 10.7. The molecule has 0 bridgehead atoms. The number of esters is 1. The van der Waals surface area contributed by atoms with E-state index >= 15 is 0 Å². The second-order valence-electron chi connectivity index (χ2n) is 3.78. The van der Waals surface area contributed by atoms with Crippen LogP contribution in [0.4, 0.5) is 0 Å². The fraction of sp³-hybridized carbons (Fsp3) is 0.200. The molecule has 20 heavy (non-hydrogen) atoms. The molecule has 0 heterocycles. The third kappa shape index (κ3) is 9.38. The van der Waals surface area contributed by atoms with Crippen molar-refractivity contribution in [1.29, 1.82) is 0 Å². The SMILES string of the molecule is COC(=O)CC/[N+]([O-])=C/[C]1[CH][CH][CH][CH]1.[CH]1[CH][CH][CH][CH]1.[Fe+2]. The van der Waals surface area contributed by atoms with Gasteiger partial charge in [0.25, 0.3) is 0 Å². The van der Waals surface area contributed by atoms with E-state index in [4.69, 9.17) is 0 Å². The minimum atomic E-state index is -0.373. The van der Waals surface area contributed by atoms with Gasteiger partial charge in [-0.05, 0) is 57.8 Å². The van der Waals surface area contributed by atoms with Crippen molar-refractivity contribution in [3.05, 3.63) is 68.9 Å². The zero-order chi connectivity index (χ0) is 13.9. The summed E-state index contributed by atoms with van der Waals surface area (Å²) in [6.07, 6.45) is 18.9. The van der Waals surface area contributed by atoms with Crippen molar-refractivity contribution in [3.63, 3.8) is 0 Å². The molecule has 106 valence electrons. The molecule has 2 fully saturated rings. The van der Waals surface area contributed by atoms with Gasteiger partial charge in [0, 0.05) is 0 Å². The maximum atomic E-state index is 11.2. The van der Waals surface area contributed by atoms with Crippen molar-refractivity contribution in [2.24, 2.45) is 0 Å². The summed E-state index contributed by atoms with van der Waals surface area (Å²) in [7, 11) is 1.30. The number of hydrogen-bond donors (Lipinski definition) is 0. The van der Waals surface area contributed by atoms with Crippen LogP contribution in [0.25, 0.3) is 0 Å². The molecule has 0 saturated heterocycles. The number of hydrogen-bond acceptors (Lipinski definition) is 3. The standard InChI is InChI=1S/C10H12NO3.C5H5.Fe/c1-14-10(12)6-7-11(13)8-9-4-2-3-5-9;1-2-4-5-3-1;/h2-5,8H,6-7H2,1H3;1-5H;/q;;+2/b11-8-;;. The van der Waals surface area contributed by atoms with E-state index in [1.807, 2.05) is 57.8 Å². The number of rotatable bonds is 4. The molecule has 4 nitrogen and oxygen atoms in total. The average Bonchev–Trinajstić information content (AvgIpc) is 3.11. The Hall–Kier alpha value is -0.541. The number of ether oxygens (including phenoxy) is 1. The minimum Gasteiger partial charge on any atom is -0.624 e. The number of nitrogens with zero attached hydrogens (tertiary/aromatic N) is 1. The Kier molecular flexibility index (Phi) is 11.9. The van der Waals surface area contributed by atoms with Gasteiger partial charge in [-0.15, -0.1) is 0 Å². The van der Waals surface area contributed by atoms with Gasteiger partial charge >= 0.3 is 23.0 Å². The molecule has 0 aromatic heterocycles. The van der Waals surface area contributed by atoms with Gasteiger partial charge < -0.3 is 9.94 Å². The Bertz CT molecular complexity index is 277. The van der Waals surface area contributed by atoms with Crippen molar-refractivity contribution in [2.45, 2.75) is 6.42 Å². The molecule has 0 spiro atoms. The zero-order valence-electron chi connectivity index (χ0n) is 11.2. The summed E-state index contributed by atoms with van der Waals surface area (Å²) in [6.45, 7) is 0.123. The normalized spacial score (nSPS) is 18.9. The topological polar surface area (TPSA) is 52.4 Å². The Balaban J connectivity index is 0.000000507. The Morgan fingerprint density at radius 3 is 2.10 bits per heavy atom. The molecule has 5 heteroatoms. The number of carbonyl (C=O) groups excluding carboxylic acids is 1. The predicted molar refractivity (Wildman–Crippen MR) is 73.1 cm³/mol. The van der Waals surface area contributed by atoms with Crippen LogP contribution in [0.5, 0.6) is 0 Å². The molecular weight excluding hydrogens is 298 g/mol. The van der Waals surface area contributed by atoms with Gasteiger partial charge in [-0.3, -0.25) is 4.79 Å². The van der Waals surface area contributed by atoms with Crippen molar-refractivity contribution in [2.75, 3.05) is 13.7 Å². The minimum absolute atomic E-state index is 0.